The van der Waals surface area contributed by atoms with Gasteiger partial charge in [-0.05, 0) is 122 Å². The molecule has 0 N–H and O–H groups in total. The molecule has 0 fully saturated rings. The molecule has 0 amide bonds. The lowest BCUT2D eigenvalue weighted by molar-refractivity contribution is -0.162. The van der Waals surface area contributed by atoms with E-state index in [1.54, 1.807) is 0 Å². The topological polar surface area (TPSA) is 61.8 Å². The van der Waals surface area contributed by atoms with Crippen LogP contribution in [0.4, 0.5) is 0 Å². The Morgan fingerprint density at radius 2 is 0.682 bits per heavy atom. The minimum atomic E-state index is -0.612. The monoisotopic (exact) mass is 907 g/mol. The second-order valence-corrected chi connectivity index (χ2v) is 16.3. The fourth-order valence-corrected chi connectivity index (χ4v) is 6.33. The number of carbonyl (C=O) groups excluding carboxylic acids is 2. The average Bonchev–Trinajstić information content (AvgIpc) is 3.32. The molecule has 0 heterocycles. The zero-order chi connectivity index (χ0) is 47.7. The maximum Gasteiger partial charge on any atom is 0.309 e. The van der Waals surface area contributed by atoms with E-state index >= 15 is 0 Å². The van der Waals surface area contributed by atoms with Gasteiger partial charge in [-0.2, -0.15) is 0 Å². The summed E-state index contributed by atoms with van der Waals surface area (Å²) < 4.78 is 17.3. The predicted molar refractivity (Wildman–Crippen MR) is 288 cm³/mol. The Balaban J connectivity index is 4.51. The second kappa shape index (κ2) is 54.9. The van der Waals surface area contributed by atoms with E-state index in [0.29, 0.717) is 13.0 Å². The van der Waals surface area contributed by atoms with Gasteiger partial charge in [-0.25, -0.2) is 0 Å². The largest absolute Gasteiger partial charge is 0.461 e. The van der Waals surface area contributed by atoms with E-state index in [9.17, 15) is 9.59 Å². The van der Waals surface area contributed by atoms with E-state index in [2.05, 4.69) is 167 Å². The molecule has 0 spiro atoms. The third-order valence-electron chi connectivity index (χ3n) is 10.1. The van der Waals surface area contributed by atoms with Crippen molar-refractivity contribution in [2.75, 3.05) is 19.8 Å². The molecule has 0 aromatic rings. The Morgan fingerprint density at radius 1 is 0.348 bits per heavy atom. The molecular formula is C61H94O5. The van der Waals surface area contributed by atoms with E-state index < -0.39 is 6.10 Å². The van der Waals surface area contributed by atoms with Crippen LogP contribution in [0, 0.1) is 0 Å². The highest BCUT2D eigenvalue weighted by atomic mass is 16.6. The minimum absolute atomic E-state index is 0.00173. The molecule has 0 aliphatic heterocycles. The summed E-state index contributed by atoms with van der Waals surface area (Å²) in [6, 6.07) is 0. The predicted octanol–water partition coefficient (Wildman–Crippen LogP) is 17.9. The standard InChI is InChI=1S/C61H94O5/c1-4-7-10-13-16-19-22-25-28-29-30-31-32-35-38-41-44-47-50-53-56-64-57-59(66-61(63)55-52-49-46-43-40-37-34-27-24-21-18-15-12-9-6-3)58-65-60(62)54-51-48-45-42-39-36-33-26-23-20-17-14-11-8-5-2/h7-12,16-21,25-28,30-31,33-35,38-39,42,48,51,59H,4-6,13-15,22-24,29,32,36-37,40-41,43-47,49-50,52-58H2,1-3H3/b10-7-,11-8-,12-9-,19-16-,20-17-,21-18-,28-25-,31-30-,33-26-,34-27-,38-35-,42-39-,51-48-. The lowest BCUT2D eigenvalue weighted by Gasteiger charge is -2.18. The van der Waals surface area contributed by atoms with Gasteiger partial charge in [-0.1, -0.05) is 211 Å². The highest BCUT2D eigenvalue weighted by molar-refractivity contribution is 5.71. The number of rotatable bonds is 45. The average molecular weight is 907 g/mol. The Hall–Kier alpha value is -4.48. The van der Waals surface area contributed by atoms with Crippen molar-refractivity contribution in [3.05, 3.63) is 158 Å². The number of allylic oxidation sites excluding steroid dienone is 25. The third kappa shape index (κ3) is 52.1. The first-order valence-corrected chi connectivity index (χ1v) is 26.0. The Labute approximate surface area is 405 Å². The molecule has 0 bridgehead atoms. The summed E-state index contributed by atoms with van der Waals surface area (Å²) in [5.41, 5.74) is 0. The zero-order valence-electron chi connectivity index (χ0n) is 42.1. The van der Waals surface area contributed by atoms with Crippen molar-refractivity contribution in [3.63, 3.8) is 0 Å². The van der Waals surface area contributed by atoms with Gasteiger partial charge in [0.1, 0.15) is 6.61 Å². The first-order valence-electron chi connectivity index (χ1n) is 26.0. The number of esters is 2. The van der Waals surface area contributed by atoms with Gasteiger partial charge in [0.05, 0.1) is 13.0 Å². The summed E-state index contributed by atoms with van der Waals surface area (Å²) in [6.07, 6.45) is 81.4. The highest BCUT2D eigenvalue weighted by Gasteiger charge is 2.17. The minimum Gasteiger partial charge on any atom is -0.461 e. The Kier molecular flexibility index (Phi) is 51.1. The molecule has 368 valence electrons. The number of carbonyl (C=O) groups is 2. The van der Waals surface area contributed by atoms with Crippen LogP contribution in [0.2, 0.25) is 0 Å². The molecule has 5 heteroatoms. The van der Waals surface area contributed by atoms with E-state index in [1.807, 2.05) is 12.2 Å². The van der Waals surface area contributed by atoms with Crippen LogP contribution in [-0.2, 0) is 23.8 Å². The first kappa shape index (κ1) is 61.5. The zero-order valence-corrected chi connectivity index (χ0v) is 42.1. The summed E-state index contributed by atoms with van der Waals surface area (Å²) in [7, 11) is 0. The normalized spacial score (nSPS) is 13.6. The van der Waals surface area contributed by atoms with Crippen LogP contribution < -0.4 is 0 Å². The molecule has 0 saturated heterocycles. The van der Waals surface area contributed by atoms with Crippen LogP contribution in [0.1, 0.15) is 188 Å². The van der Waals surface area contributed by atoms with E-state index in [-0.39, 0.29) is 31.6 Å². The number of hydrogen-bond donors (Lipinski definition) is 0. The molecule has 1 atom stereocenters. The summed E-state index contributed by atoms with van der Waals surface area (Å²) in [5, 5.41) is 0. The first-order chi connectivity index (χ1) is 32.6. The quantitative estimate of drug-likeness (QED) is 0.0346. The van der Waals surface area contributed by atoms with Crippen LogP contribution in [0.15, 0.2) is 158 Å². The lowest BCUT2D eigenvalue weighted by Crippen LogP contribution is -2.30. The van der Waals surface area contributed by atoms with Gasteiger partial charge in [-0.15, -0.1) is 0 Å². The highest BCUT2D eigenvalue weighted by Crippen LogP contribution is 2.11. The number of ether oxygens (including phenoxy) is 3. The maximum absolute atomic E-state index is 12.8. The van der Waals surface area contributed by atoms with Crippen molar-refractivity contribution in [1.82, 2.24) is 0 Å². The van der Waals surface area contributed by atoms with Crippen molar-refractivity contribution in [2.24, 2.45) is 0 Å². The fourth-order valence-electron chi connectivity index (χ4n) is 6.33. The Bertz CT molecular complexity index is 1490. The van der Waals surface area contributed by atoms with Crippen LogP contribution in [-0.4, -0.2) is 37.9 Å². The van der Waals surface area contributed by atoms with E-state index in [1.165, 1.54) is 6.42 Å². The summed E-state index contributed by atoms with van der Waals surface area (Å²) >= 11 is 0. The summed E-state index contributed by atoms with van der Waals surface area (Å²) in [5.74, 6) is -0.593. The van der Waals surface area contributed by atoms with Crippen molar-refractivity contribution >= 4 is 11.9 Å². The van der Waals surface area contributed by atoms with Gasteiger partial charge in [0, 0.05) is 13.0 Å². The maximum atomic E-state index is 12.8. The van der Waals surface area contributed by atoms with Gasteiger partial charge in [-0.3, -0.25) is 9.59 Å². The van der Waals surface area contributed by atoms with E-state index in [4.69, 9.17) is 14.2 Å². The molecule has 66 heavy (non-hydrogen) atoms. The van der Waals surface area contributed by atoms with E-state index in [0.717, 1.165) is 148 Å². The van der Waals surface area contributed by atoms with Crippen molar-refractivity contribution < 1.29 is 23.8 Å². The molecule has 0 rings (SSSR count). The molecule has 0 saturated carbocycles. The molecule has 0 aromatic heterocycles. The number of unbranched alkanes of at least 4 members (excludes halogenated alkanes) is 9. The molecular weight excluding hydrogens is 813 g/mol. The van der Waals surface area contributed by atoms with Crippen LogP contribution in [0.3, 0.4) is 0 Å². The second-order valence-electron chi connectivity index (χ2n) is 16.3. The number of hydrogen-bond acceptors (Lipinski definition) is 5. The molecule has 0 aromatic carbocycles. The molecule has 0 aliphatic carbocycles. The third-order valence-corrected chi connectivity index (χ3v) is 10.1. The van der Waals surface area contributed by atoms with Gasteiger partial charge in [0.15, 0.2) is 6.10 Å². The molecule has 0 aliphatic rings. The van der Waals surface area contributed by atoms with Crippen LogP contribution >= 0.6 is 0 Å². The van der Waals surface area contributed by atoms with Gasteiger partial charge < -0.3 is 14.2 Å². The SMILES string of the molecule is CC/C=C\C/C=C\C/C=C\C/C=C\C/C=C\CCCCCCOCC(COC(=O)C/C=C\C/C=C\C/C=C\C/C=C\C/C=C\CC)OC(=O)CCCCCCC/C=C\C/C=C\C/C=C\CC. The van der Waals surface area contributed by atoms with Gasteiger partial charge >= 0.3 is 11.9 Å². The van der Waals surface area contributed by atoms with Crippen molar-refractivity contribution in [2.45, 2.75) is 194 Å². The van der Waals surface area contributed by atoms with Crippen LogP contribution in [0.5, 0.6) is 0 Å². The fraction of sp³-hybridized carbons (Fsp3) is 0.541. The molecule has 5 nitrogen and oxygen atoms in total. The van der Waals surface area contributed by atoms with Crippen molar-refractivity contribution in [3.8, 4) is 0 Å². The van der Waals surface area contributed by atoms with Gasteiger partial charge in [0.2, 0.25) is 0 Å². The van der Waals surface area contributed by atoms with Gasteiger partial charge in [0.25, 0.3) is 0 Å². The Morgan fingerprint density at radius 3 is 1.09 bits per heavy atom. The molecule has 1 unspecified atom stereocenters. The van der Waals surface area contributed by atoms with Crippen molar-refractivity contribution in [1.29, 1.82) is 0 Å². The summed E-state index contributed by atoms with van der Waals surface area (Å²) in [6.45, 7) is 7.27. The molecule has 0 radical (unpaired) electrons. The van der Waals surface area contributed by atoms with Crippen LogP contribution in [0.25, 0.3) is 0 Å². The smallest absolute Gasteiger partial charge is 0.309 e. The summed E-state index contributed by atoms with van der Waals surface area (Å²) in [4.78, 5) is 25.4. The lowest BCUT2D eigenvalue weighted by atomic mass is 10.1.